The van der Waals surface area contributed by atoms with Gasteiger partial charge in [0, 0.05) is 51.9 Å². The molecule has 3 heterocycles. The van der Waals surface area contributed by atoms with Crippen LogP contribution < -0.4 is 16.2 Å². The lowest BCUT2D eigenvalue weighted by Gasteiger charge is -2.37. The first-order valence-electron chi connectivity index (χ1n) is 15.5. The van der Waals surface area contributed by atoms with Crippen molar-refractivity contribution in [3.63, 3.8) is 0 Å². The monoisotopic (exact) mass is 610 g/mol. The van der Waals surface area contributed by atoms with E-state index in [9.17, 15) is 14.4 Å². The number of methoxy groups -OCH3 is 1. The van der Waals surface area contributed by atoms with Gasteiger partial charge in [0.1, 0.15) is 5.52 Å². The molecule has 0 bridgehead atoms. The van der Waals surface area contributed by atoms with Crippen molar-refractivity contribution in [2.24, 2.45) is 0 Å². The van der Waals surface area contributed by atoms with Crippen LogP contribution >= 0.6 is 0 Å². The maximum Gasteiger partial charge on any atom is 0.327 e. The summed E-state index contributed by atoms with van der Waals surface area (Å²) in [5.41, 5.74) is 8.32. The second-order valence-corrected chi connectivity index (χ2v) is 11.5. The first-order chi connectivity index (χ1) is 21.2. The number of H-pyrrole nitrogens is 1. The van der Waals surface area contributed by atoms with Crippen molar-refractivity contribution >= 4 is 28.9 Å². The second-order valence-electron chi connectivity index (χ2n) is 11.5. The summed E-state index contributed by atoms with van der Waals surface area (Å²) in [6.45, 7) is 12.0. The number of hydrogen-bond donors (Lipinski definition) is 2. The van der Waals surface area contributed by atoms with Gasteiger partial charge in [-0.3, -0.25) is 24.0 Å². The number of nitrogens with one attached hydrogen (secondary N) is 1. The van der Waals surface area contributed by atoms with Crippen LogP contribution in [0, 0.1) is 0 Å². The van der Waals surface area contributed by atoms with Gasteiger partial charge in [-0.1, -0.05) is 37.6 Å². The second kappa shape index (κ2) is 15.7. The van der Waals surface area contributed by atoms with Gasteiger partial charge in [0.15, 0.2) is 11.5 Å². The van der Waals surface area contributed by atoms with Crippen LogP contribution in [0.4, 0.5) is 5.82 Å². The normalized spacial score (nSPS) is 14.3. The third-order valence-corrected chi connectivity index (χ3v) is 7.99. The maximum absolute atomic E-state index is 13.6. The number of fused-ring (bicyclic) bond motifs is 1. The SMILES string of the molecule is CCCCOc1nc(N)c2[nH]c(=O)n(CCCN(Cc3ccc(CC(=O)OC)cc3)C(=O)CN3CCN(C(C)C)CC3)c2n1. The lowest BCUT2D eigenvalue weighted by atomic mass is 10.1. The number of aromatic amines is 1. The van der Waals surface area contributed by atoms with E-state index in [4.69, 9.17) is 15.2 Å². The van der Waals surface area contributed by atoms with Gasteiger partial charge in [0.25, 0.3) is 0 Å². The number of nitrogens with zero attached hydrogens (tertiary/aromatic N) is 6. The fourth-order valence-electron chi connectivity index (χ4n) is 5.27. The van der Waals surface area contributed by atoms with Gasteiger partial charge in [-0.2, -0.15) is 9.97 Å². The molecule has 13 nitrogen and oxygen atoms in total. The molecule has 1 aromatic carbocycles. The Morgan fingerprint density at radius 3 is 2.43 bits per heavy atom. The number of aromatic nitrogens is 4. The number of carbonyl (C=O) groups excluding carboxylic acids is 2. The molecule has 1 saturated heterocycles. The smallest absolute Gasteiger partial charge is 0.327 e. The standard InChI is InChI=1S/C31H46N8O5/c1-5-6-18-44-30-34-28(32)27-29(35-30)39(31(42)33-27)13-7-12-38(20-24-10-8-23(9-11-24)19-26(41)43-4)25(40)21-36-14-16-37(17-15-36)22(2)3/h8-11,22H,5-7,12-21H2,1-4H3,(H,33,42)(H2,32,34,35). The summed E-state index contributed by atoms with van der Waals surface area (Å²) >= 11 is 0. The number of anilines is 1. The van der Waals surface area contributed by atoms with E-state index in [0.29, 0.717) is 56.4 Å². The van der Waals surface area contributed by atoms with Crippen LogP contribution in [0.15, 0.2) is 29.1 Å². The van der Waals surface area contributed by atoms with E-state index in [-0.39, 0.29) is 35.8 Å². The fourth-order valence-corrected chi connectivity index (χ4v) is 5.27. The molecule has 0 saturated carbocycles. The van der Waals surface area contributed by atoms with Crippen molar-refractivity contribution in [1.29, 1.82) is 0 Å². The van der Waals surface area contributed by atoms with E-state index >= 15 is 0 Å². The van der Waals surface area contributed by atoms with E-state index in [0.717, 1.165) is 50.1 Å². The Hall–Kier alpha value is -3.97. The largest absolute Gasteiger partial charge is 0.469 e. The van der Waals surface area contributed by atoms with Crippen molar-refractivity contribution in [3.8, 4) is 6.01 Å². The van der Waals surface area contributed by atoms with Gasteiger partial charge in [0.05, 0.1) is 26.7 Å². The number of piperazine rings is 1. The zero-order chi connectivity index (χ0) is 31.6. The van der Waals surface area contributed by atoms with Crippen molar-refractivity contribution in [1.82, 2.24) is 34.2 Å². The number of nitrogens with two attached hydrogens (primary N) is 1. The minimum Gasteiger partial charge on any atom is -0.469 e. The van der Waals surface area contributed by atoms with Gasteiger partial charge in [-0.05, 0) is 37.8 Å². The van der Waals surface area contributed by atoms with Crippen molar-refractivity contribution in [2.45, 2.75) is 65.6 Å². The van der Waals surface area contributed by atoms with Gasteiger partial charge in [-0.15, -0.1) is 0 Å². The Kier molecular flexibility index (Phi) is 11.7. The first-order valence-corrected chi connectivity index (χ1v) is 15.5. The summed E-state index contributed by atoms with van der Waals surface area (Å²) in [4.78, 5) is 56.0. The predicted octanol–water partition coefficient (Wildman–Crippen LogP) is 2.04. The first kappa shape index (κ1) is 32.9. The number of nitrogen functional groups attached to an aromatic ring is 1. The molecule has 0 spiro atoms. The molecule has 240 valence electrons. The van der Waals surface area contributed by atoms with Crippen LogP contribution in [-0.4, -0.2) is 105 Å². The molecule has 0 aliphatic carbocycles. The summed E-state index contributed by atoms with van der Waals surface area (Å²) in [5.74, 6) is -0.111. The molecule has 4 rings (SSSR count). The minimum absolute atomic E-state index is 0.0334. The van der Waals surface area contributed by atoms with E-state index < -0.39 is 0 Å². The number of amides is 1. The summed E-state index contributed by atoms with van der Waals surface area (Å²) in [6.07, 6.45) is 2.54. The van der Waals surface area contributed by atoms with E-state index in [2.05, 4.69) is 45.5 Å². The quantitative estimate of drug-likeness (QED) is 0.193. The fraction of sp³-hybridized carbons (Fsp3) is 0.581. The van der Waals surface area contributed by atoms with Crippen LogP contribution in [0.5, 0.6) is 6.01 Å². The molecule has 0 unspecified atom stereocenters. The number of esters is 1. The average Bonchev–Trinajstić information content (AvgIpc) is 3.33. The minimum atomic E-state index is -0.339. The highest BCUT2D eigenvalue weighted by Gasteiger charge is 2.23. The molecular formula is C31H46N8O5. The van der Waals surface area contributed by atoms with E-state index in [1.807, 2.05) is 29.2 Å². The number of benzene rings is 1. The molecule has 44 heavy (non-hydrogen) atoms. The molecular weight excluding hydrogens is 564 g/mol. The topological polar surface area (TPSA) is 152 Å². The molecule has 1 aliphatic rings. The molecule has 2 aromatic heterocycles. The Morgan fingerprint density at radius 2 is 1.77 bits per heavy atom. The number of carbonyl (C=O) groups is 2. The van der Waals surface area contributed by atoms with E-state index in [1.54, 1.807) is 0 Å². The molecule has 0 atom stereocenters. The third kappa shape index (κ3) is 8.79. The highest BCUT2D eigenvalue weighted by molar-refractivity contribution is 5.82. The van der Waals surface area contributed by atoms with Crippen molar-refractivity contribution in [2.75, 3.05) is 58.7 Å². The third-order valence-electron chi connectivity index (χ3n) is 7.99. The Balaban J connectivity index is 1.46. The van der Waals surface area contributed by atoms with Gasteiger partial charge in [0.2, 0.25) is 5.91 Å². The van der Waals surface area contributed by atoms with Gasteiger partial charge in [-0.25, -0.2) is 4.79 Å². The van der Waals surface area contributed by atoms with Crippen molar-refractivity contribution < 1.29 is 19.1 Å². The Bertz CT molecular complexity index is 1440. The lowest BCUT2D eigenvalue weighted by molar-refractivity contribution is -0.139. The molecule has 1 aliphatic heterocycles. The highest BCUT2D eigenvalue weighted by Crippen LogP contribution is 2.18. The number of ether oxygens (including phenoxy) is 2. The Labute approximate surface area is 258 Å². The predicted molar refractivity (Wildman–Crippen MR) is 168 cm³/mol. The number of unbranched alkanes of at least 4 members (excludes halogenated alkanes) is 1. The van der Waals surface area contributed by atoms with Crippen LogP contribution in [0.2, 0.25) is 0 Å². The maximum atomic E-state index is 13.6. The molecule has 3 aromatic rings. The summed E-state index contributed by atoms with van der Waals surface area (Å²) in [5, 5.41) is 0. The van der Waals surface area contributed by atoms with Crippen LogP contribution in [0.25, 0.3) is 11.2 Å². The van der Waals surface area contributed by atoms with E-state index in [1.165, 1.54) is 11.7 Å². The average molecular weight is 611 g/mol. The van der Waals surface area contributed by atoms with Crippen LogP contribution in [-0.2, 0) is 33.8 Å². The molecule has 1 amide bonds. The summed E-state index contributed by atoms with van der Waals surface area (Å²) < 4.78 is 11.9. The molecule has 13 heteroatoms. The number of rotatable bonds is 15. The number of hydrogen-bond acceptors (Lipinski definition) is 10. The zero-order valence-corrected chi connectivity index (χ0v) is 26.4. The lowest BCUT2D eigenvalue weighted by Crippen LogP contribution is -2.51. The van der Waals surface area contributed by atoms with Gasteiger partial charge >= 0.3 is 17.7 Å². The molecule has 1 fully saturated rings. The van der Waals surface area contributed by atoms with Crippen LogP contribution in [0.3, 0.4) is 0 Å². The molecule has 0 radical (unpaired) electrons. The summed E-state index contributed by atoms with van der Waals surface area (Å²) in [6, 6.07) is 8.26. The zero-order valence-electron chi connectivity index (χ0n) is 26.4. The molecule has 3 N–H and O–H groups in total. The number of imidazole rings is 1. The summed E-state index contributed by atoms with van der Waals surface area (Å²) in [7, 11) is 1.37. The van der Waals surface area contributed by atoms with Gasteiger partial charge < -0.3 is 25.1 Å². The number of aryl methyl sites for hydroxylation is 1. The van der Waals surface area contributed by atoms with Crippen LogP contribution in [0.1, 0.15) is 51.2 Å². The highest BCUT2D eigenvalue weighted by atomic mass is 16.5. The Morgan fingerprint density at radius 1 is 1.07 bits per heavy atom. The van der Waals surface area contributed by atoms with Crippen molar-refractivity contribution in [3.05, 3.63) is 45.9 Å².